The van der Waals surface area contributed by atoms with Gasteiger partial charge in [-0.1, -0.05) is 36.0 Å². The van der Waals surface area contributed by atoms with Crippen LogP contribution in [0.15, 0.2) is 72.0 Å². The molecule has 9 nitrogen and oxygen atoms in total. The van der Waals surface area contributed by atoms with Crippen LogP contribution < -0.4 is 19.7 Å². The molecule has 0 unspecified atom stereocenters. The maximum Gasteiger partial charge on any atom is 0.573 e. The average Bonchev–Trinajstić information content (AvgIpc) is 3.59. The molecule has 1 aliphatic rings. The lowest BCUT2D eigenvalue weighted by Gasteiger charge is -2.21. The van der Waals surface area contributed by atoms with E-state index in [1.807, 2.05) is 50.2 Å². The van der Waals surface area contributed by atoms with Crippen molar-refractivity contribution in [2.75, 3.05) is 17.8 Å². The fourth-order valence-electron chi connectivity index (χ4n) is 4.45. The molecule has 1 saturated heterocycles. The molecule has 1 aliphatic heterocycles. The minimum Gasteiger partial charge on any atom is -0.497 e. The molecule has 222 valence electrons. The molecule has 5 rings (SSSR count). The summed E-state index contributed by atoms with van der Waals surface area (Å²) in [5.41, 5.74) is 4.78. The van der Waals surface area contributed by atoms with Gasteiger partial charge in [0.05, 0.1) is 24.2 Å². The van der Waals surface area contributed by atoms with Gasteiger partial charge in [-0.05, 0) is 79.2 Å². The van der Waals surface area contributed by atoms with Crippen LogP contribution >= 0.6 is 24.0 Å². The number of aliphatic imine (C=N–C) groups is 1. The van der Waals surface area contributed by atoms with Crippen LogP contribution in [-0.4, -0.2) is 50.2 Å². The molecule has 1 aromatic heterocycles. The number of methoxy groups -OCH3 is 1. The number of thiocarbonyl (C=S) groups is 1. The summed E-state index contributed by atoms with van der Waals surface area (Å²) >= 11 is 6.80. The number of aryl methyl sites for hydroxylation is 2. The monoisotopic (exact) mass is 626 g/mol. The summed E-state index contributed by atoms with van der Waals surface area (Å²) < 4.78 is 47.9. The molecule has 0 bridgehead atoms. The van der Waals surface area contributed by atoms with Gasteiger partial charge in [0.2, 0.25) is 5.91 Å². The number of aromatic nitrogens is 3. The quantitative estimate of drug-likeness (QED) is 0.251. The summed E-state index contributed by atoms with van der Waals surface area (Å²) in [7, 11) is 1.60. The van der Waals surface area contributed by atoms with Crippen LogP contribution in [0.2, 0.25) is 0 Å². The first-order valence-electron chi connectivity index (χ1n) is 12.9. The molecule has 0 saturated carbocycles. The van der Waals surface area contributed by atoms with Crippen molar-refractivity contribution < 1.29 is 27.4 Å². The minimum absolute atomic E-state index is 0.0676. The number of thioether (sulfide) groups is 1. The lowest BCUT2D eigenvalue weighted by molar-refractivity contribution is -0.274. The summed E-state index contributed by atoms with van der Waals surface area (Å²) in [6, 6.07) is 16.6. The van der Waals surface area contributed by atoms with Crippen molar-refractivity contribution in [2.45, 2.75) is 26.8 Å². The highest BCUT2D eigenvalue weighted by Gasteiger charge is 2.32. The second-order valence-electron chi connectivity index (χ2n) is 9.43. The summed E-state index contributed by atoms with van der Waals surface area (Å²) in [6.07, 6.45) is -3.28. The molecule has 0 radical (unpaired) electrons. The highest BCUT2D eigenvalue weighted by molar-refractivity contribution is 8.15. The molecule has 1 N–H and O–H groups in total. The number of benzene rings is 3. The van der Waals surface area contributed by atoms with Gasteiger partial charge in [0.15, 0.2) is 16.1 Å². The number of carbonyl (C=O) groups excluding carboxylic acids is 1. The Morgan fingerprint density at radius 1 is 1.07 bits per heavy atom. The van der Waals surface area contributed by atoms with Gasteiger partial charge in [-0.25, -0.2) is 9.67 Å². The van der Waals surface area contributed by atoms with Crippen LogP contribution in [0.25, 0.3) is 17.1 Å². The summed E-state index contributed by atoms with van der Waals surface area (Å²) in [6.45, 7) is 4.25. The summed E-state index contributed by atoms with van der Waals surface area (Å²) in [5.74, 6) is 1.06. The summed E-state index contributed by atoms with van der Waals surface area (Å²) in [5, 5.41) is 8.31. The topological polar surface area (TPSA) is 93.9 Å². The van der Waals surface area contributed by atoms with Gasteiger partial charge in [-0.2, -0.15) is 4.99 Å². The molecule has 0 atom stereocenters. The normalized spacial score (nSPS) is 14.3. The smallest absolute Gasteiger partial charge is 0.497 e. The molecule has 4 aromatic rings. The largest absolute Gasteiger partial charge is 0.573 e. The number of nitrogens with one attached hydrogen (secondary N) is 1. The number of amides is 1. The predicted molar refractivity (Wildman–Crippen MR) is 163 cm³/mol. The molecular weight excluding hydrogens is 601 g/mol. The third kappa shape index (κ3) is 7.14. The molecule has 14 heteroatoms. The number of ether oxygens (including phenoxy) is 2. The third-order valence-corrected chi connectivity index (χ3v) is 7.53. The molecule has 1 fully saturated rings. The lowest BCUT2D eigenvalue weighted by atomic mass is 10.1. The highest BCUT2D eigenvalue weighted by Crippen LogP contribution is 2.35. The van der Waals surface area contributed by atoms with E-state index in [0.29, 0.717) is 23.2 Å². The van der Waals surface area contributed by atoms with Crippen molar-refractivity contribution in [1.29, 1.82) is 0 Å². The fraction of sp³-hybridized carbons (Fsp3) is 0.207. The molecule has 43 heavy (non-hydrogen) atoms. The minimum atomic E-state index is -4.75. The number of anilines is 1. The van der Waals surface area contributed by atoms with Crippen molar-refractivity contribution in [1.82, 2.24) is 20.1 Å². The van der Waals surface area contributed by atoms with Gasteiger partial charge >= 0.3 is 6.36 Å². The van der Waals surface area contributed by atoms with Crippen LogP contribution in [-0.2, 0) is 11.3 Å². The van der Waals surface area contributed by atoms with Gasteiger partial charge in [-0.3, -0.25) is 9.69 Å². The van der Waals surface area contributed by atoms with Crippen LogP contribution in [0, 0.1) is 13.8 Å². The van der Waals surface area contributed by atoms with Crippen molar-refractivity contribution in [3.8, 4) is 28.6 Å². The number of halogens is 3. The van der Waals surface area contributed by atoms with Crippen LogP contribution in [0.3, 0.4) is 0 Å². The van der Waals surface area contributed by atoms with E-state index in [1.165, 1.54) is 47.0 Å². The number of amidine groups is 1. The molecule has 2 heterocycles. The molecule has 1 amide bonds. The van der Waals surface area contributed by atoms with Gasteiger partial charge in [0.25, 0.3) is 0 Å². The van der Waals surface area contributed by atoms with Crippen LogP contribution in [0.4, 0.5) is 18.9 Å². The molecule has 0 spiro atoms. The van der Waals surface area contributed by atoms with E-state index >= 15 is 0 Å². The van der Waals surface area contributed by atoms with E-state index in [4.69, 9.17) is 17.0 Å². The van der Waals surface area contributed by atoms with E-state index in [-0.39, 0.29) is 22.5 Å². The number of nitrogens with zero attached hydrogens (tertiary/aromatic N) is 5. The van der Waals surface area contributed by atoms with E-state index in [0.717, 1.165) is 33.7 Å². The standard InChI is InChI=1S/C29H25F3N6O3S2/c1-17-12-23(40-3)13-18(2)25(17)38-24(39)15-43-28(38)35-27(42)33-14-19-4-6-20(7-5-19)26-34-16-37(36-26)21-8-10-22(11-9-21)41-29(30,31)32/h4-13,16H,14-15H2,1-3H3,(H,33,42)/b35-28-. The Morgan fingerprint density at radius 2 is 1.74 bits per heavy atom. The Bertz CT molecular complexity index is 1670. The Labute approximate surface area is 254 Å². The number of rotatable bonds is 7. The third-order valence-electron chi connectivity index (χ3n) is 6.37. The lowest BCUT2D eigenvalue weighted by Crippen LogP contribution is -2.32. The van der Waals surface area contributed by atoms with Crippen molar-refractivity contribution in [3.05, 3.63) is 83.7 Å². The Kier molecular flexibility index (Phi) is 8.69. The number of hydrogen-bond acceptors (Lipinski definition) is 7. The fourth-order valence-corrected chi connectivity index (χ4v) is 5.52. The second-order valence-corrected chi connectivity index (χ2v) is 10.8. The van der Waals surface area contributed by atoms with Crippen LogP contribution in [0.5, 0.6) is 11.5 Å². The Balaban J connectivity index is 1.22. The van der Waals surface area contributed by atoms with Crippen molar-refractivity contribution in [2.24, 2.45) is 4.99 Å². The van der Waals surface area contributed by atoms with Gasteiger partial charge in [0.1, 0.15) is 17.8 Å². The molecule has 0 aliphatic carbocycles. The highest BCUT2D eigenvalue weighted by atomic mass is 32.2. The van der Waals surface area contributed by atoms with Crippen molar-refractivity contribution in [3.63, 3.8) is 0 Å². The Hall–Kier alpha value is -4.43. The zero-order valence-corrected chi connectivity index (χ0v) is 24.8. The first-order chi connectivity index (χ1) is 20.5. The SMILES string of the molecule is COc1cc(C)c(N2C(=O)CS/C2=N\C(=S)NCc2ccc(-c3ncn(-c4ccc(OC(F)(F)F)cc4)n3)cc2)c(C)c1. The maximum absolute atomic E-state index is 12.8. The van der Waals surface area contributed by atoms with Gasteiger partial charge < -0.3 is 14.8 Å². The predicted octanol–water partition coefficient (Wildman–Crippen LogP) is 5.97. The van der Waals surface area contributed by atoms with E-state index in [9.17, 15) is 18.0 Å². The second kappa shape index (κ2) is 12.4. The first-order valence-corrected chi connectivity index (χ1v) is 14.2. The number of hydrogen-bond donors (Lipinski definition) is 1. The maximum atomic E-state index is 12.8. The van der Waals surface area contributed by atoms with Gasteiger partial charge in [-0.15, -0.1) is 18.3 Å². The van der Waals surface area contributed by atoms with E-state index in [2.05, 4.69) is 25.1 Å². The summed E-state index contributed by atoms with van der Waals surface area (Å²) in [4.78, 5) is 23.2. The number of alkyl halides is 3. The van der Waals surface area contributed by atoms with E-state index < -0.39 is 6.36 Å². The average molecular weight is 627 g/mol. The van der Waals surface area contributed by atoms with E-state index in [1.54, 1.807) is 12.0 Å². The number of carbonyl (C=O) groups is 1. The molecule has 3 aromatic carbocycles. The first kappa shape index (κ1) is 30.0. The van der Waals surface area contributed by atoms with Crippen LogP contribution in [0.1, 0.15) is 16.7 Å². The molecular formula is C29H25F3N6O3S2. The zero-order chi connectivity index (χ0) is 30.7. The van der Waals surface area contributed by atoms with Crippen molar-refractivity contribution >= 4 is 45.9 Å². The van der Waals surface area contributed by atoms with Gasteiger partial charge in [0, 0.05) is 12.1 Å². The Morgan fingerprint density at radius 3 is 2.37 bits per heavy atom. The zero-order valence-electron chi connectivity index (χ0n) is 23.2.